The minimum absolute atomic E-state index is 0.0982. The molecule has 1 atom stereocenters. The van der Waals surface area contributed by atoms with Gasteiger partial charge in [0.05, 0.1) is 17.7 Å². The highest BCUT2D eigenvalue weighted by atomic mass is 35.5. The molecule has 2 aromatic heterocycles. The fourth-order valence-electron chi connectivity index (χ4n) is 3.55. The van der Waals surface area contributed by atoms with Crippen molar-refractivity contribution in [3.8, 4) is 0 Å². The van der Waals surface area contributed by atoms with E-state index in [1.165, 1.54) is 23.9 Å². The largest absolute Gasteiger partial charge is 0.472 e. The summed E-state index contributed by atoms with van der Waals surface area (Å²) in [5, 5.41) is 4.24. The van der Waals surface area contributed by atoms with Crippen molar-refractivity contribution in [3.63, 3.8) is 0 Å². The molecule has 0 radical (unpaired) electrons. The van der Waals surface area contributed by atoms with Crippen LogP contribution in [0.3, 0.4) is 0 Å². The van der Waals surface area contributed by atoms with E-state index in [-0.39, 0.29) is 17.7 Å². The average Bonchev–Trinajstić information content (AvgIpc) is 3.43. The van der Waals surface area contributed by atoms with E-state index in [4.69, 9.17) is 16.0 Å². The highest BCUT2D eigenvalue weighted by Gasteiger charge is 2.29. The van der Waals surface area contributed by atoms with Gasteiger partial charge in [-0.05, 0) is 43.0 Å². The number of likely N-dealkylation sites (tertiary alicyclic amines) is 1. The summed E-state index contributed by atoms with van der Waals surface area (Å²) in [6, 6.07) is 7.65. The number of benzene rings is 1. The Labute approximate surface area is 183 Å². The number of hydrogen-bond donors (Lipinski definition) is 1. The molecule has 0 saturated carbocycles. The van der Waals surface area contributed by atoms with Crippen molar-refractivity contribution in [1.29, 1.82) is 0 Å². The fourth-order valence-corrected chi connectivity index (χ4v) is 4.60. The first-order valence-corrected chi connectivity index (χ1v) is 11.0. The first kappa shape index (κ1) is 20.6. The van der Waals surface area contributed by atoms with Crippen LogP contribution in [-0.4, -0.2) is 34.8 Å². The van der Waals surface area contributed by atoms with Crippen LogP contribution in [0, 0.1) is 12.8 Å². The van der Waals surface area contributed by atoms with Crippen LogP contribution in [0.5, 0.6) is 0 Å². The average molecular weight is 444 g/mol. The van der Waals surface area contributed by atoms with E-state index in [9.17, 15) is 9.59 Å². The SMILES string of the molecule is Cc1ccc(Cc2cnc(NC(=O)C3CCCN(C(=O)c4ccoc4)C3)s2)cc1Cl. The molecule has 1 aliphatic rings. The van der Waals surface area contributed by atoms with Crippen molar-refractivity contribution in [3.05, 3.63) is 69.6 Å². The van der Waals surface area contributed by atoms with Crippen molar-refractivity contribution < 1.29 is 14.0 Å². The summed E-state index contributed by atoms with van der Waals surface area (Å²) in [4.78, 5) is 32.4. The van der Waals surface area contributed by atoms with Gasteiger partial charge in [-0.3, -0.25) is 9.59 Å². The lowest BCUT2D eigenvalue weighted by atomic mass is 9.97. The molecule has 1 fully saturated rings. The number of nitrogens with one attached hydrogen (secondary N) is 1. The maximum atomic E-state index is 12.8. The molecule has 8 heteroatoms. The van der Waals surface area contributed by atoms with Gasteiger partial charge < -0.3 is 14.6 Å². The zero-order valence-corrected chi connectivity index (χ0v) is 18.1. The monoisotopic (exact) mass is 443 g/mol. The van der Waals surface area contributed by atoms with Crippen LogP contribution in [0.2, 0.25) is 5.02 Å². The minimum atomic E-state index is -0.252. The Balaban J connectivity index is 1.35. The molecule has 2 amide bonds. The number of piperidine rings is 1. The van der Waals surface area contributed by atoms with Gasteiger partial charge in [-0.25, -0.2) is 4.98 Å². The predicted molar refractivity (Wildman–Crippen MR) is 117 cm³/mol. The zero-order chi connectivity index (χ0) is 21.1. The summed E-state index contributed by atoms with van der Waals surface area (Å²) >= 11 is 7.66. The number of anilines is 1. The van der Waals surface area contributed by atoms with Gasteiger partial charge in [0.25, 0.3) is 5.91 Å². The van der Waals surface area contributed by atoms with Gasteiger partial charge in [-0.1, -0.05) is 23.7 Å². The van der Waals surface area contributed by atoms with Crippen molar-refractivity contribution in [2.24, 2.45) is 5.92 Å². The van der Waals surface area contributed by atoms with E-state index in [0.717, 1.165) is 33.9 Å². The molecular formula is C22H22ClN3O3S. The number of thiazole rings is 1. The molecule has 1 unspecified atom stereocenters. The van der Waals surface area contributed by atoms with Gasteiger partial charge in [0.15, 0.2) is 5.13 Å². The number of furan rings is 1. The van der Waals surface area contributed by atoms with Gasteiger partial charge in [-0.15, -0.1) is 11.3 Å². The molecule has 1 aromatic carbocycles. The third-order valence-corrected chi connectivity index (χ3v) is 6.57. The number of hydrogen-bond acceptors (Lipinski definition) is 5. The van der Waals surface area contributed by atoms with Crippen molar-refractivity contribution in [2.45, 2.75) is 26.2 Å². The number of nitrogens with zero attached hydrogens (tertiary/aromatic N) is 2. The second kappa shape index (κ2) is 9.02. The molecule has 1 N–H and O–H groups in total. The maximum absolute atomic E-state index is 12.8. The minimum Gasteiger partial charge on any atom is -0.472 e. The molecule has 4 rings (SSSR count). The molecule has 0 spiro atoms. The number of carbonyl (C=O) groups is 2. The zero-order valence-electron chi connectivity index (χ0n) is 16.6. The Hall–Kier alpha value is -2.64. The summed E-state index contributed by atoms with van der Waals surface area (Å²) in [5.41, 5.74) is 2.66. The van der Waals surface area contributed by atoms with Crippen LogP contribution < -0.4 is 5.32 Å². The summed E-state index contributed by atoms with van der Waals surface area (Å²) in [6.07, 6.45) is 6.95. The normalized spacial score (nSPS) is 16.5. The van der Waals surface area contributed by atoms with Crippen LogP contribution >= 0.6 is 22.9 Å². The topological polar surface area (TPSA) is 75.4 Å². The first-order valence-electron chi connectivity index (χ1n) is 9.81. The van der Waals surface area contributed by atoms with Gasteiger partial charge in [-0.2, -0.15) is 0 Å². The van der Waals surface area contributed by atoms with Crippen molar-refractivity contribution in [2.75, 3.05) is 18.4 Å². The molecule has 0 bridgehead atoms. The Morgan fingerprint density at radius 1 is 1.37 bits per heavy atom. The number of aryl methyl sites for hydroxylation is 1. The molecular weight excluding hydrogens is 422 g/mol. The lowest BCUT2D eigenvalue weighted by Gasteiger charge is -2.31. The second-order valence-corrected chi connectivity index (χ2v) is 9.01. The second-order valence-electron chi connectivity index (χ2n) is 7.48. The van der Waals surface area contributed by atoms with E-state index in [0.29, 0.717) is 30.2 Å². The smallest absolute Gasteiger partial charge is 0.257 e. The third-order valence-electron chi connectivity index (χ3n) is 5.25. The number of amides is 2. The van der Waals surface area contributed by atoms with Crippen LogP contribution in [0.1, 0.15) is 39.2 Å². The standard InChI is InChI=1S/C22H22ClN3O3S/c1-14-4-5-15(10-19(14)23)9-18-11-24-22(30-18)25-20(27)16-3-2-7-26(12-16)21(28)17-6-8-29-13-17/h4-6,8,10-11,13,16H,2-3,7,9,12H2,1H3,(H,24,25,27). The molecule has 156 valence electrons. The van der Waals surface area contributed by atoms with E-state index in [1.54, 1.807) is 17.2 Å². The van der Waals surface area contributed by atoms with Crippen LogP contribution in [0.15, 0.2) is 47.4 Å². The van der Waals surface area contributed by atoms with Crippen molar-refractivity contribution in [1.82, 2.24) is 9.88 Å². The Morgan fingerprint density at radius 2 is 2.23 bits per heavy atom. The first-order chi connectivity index (χ1) is 14.5. The summed E-state index contributed by atoms with van der Waals surface area (Å²) in [6.45, 7) is 3.02. The van der Waals surface area contributed by atoms with Gasteiger partial charge in [0.1, 0.15) is 6.26 Å². The van der Waals surface area contributed by atoms with E-state index >= 15 is 0 Å². The van der Waals surface area contributed by atoms with Gasteiger partial charge in [0, 0.05) is 35.6 Å². The Bertz CT molecular complexity index is 1050. The van der Waals surface area contributed by atoms with Gasteiger partial charge in [0.2, 0.25) is 5.91 Å². The van der Waals surface area contributed by atoms with Crippen LogP contribution in [-0.2, 0) is 11.2 Å². The Morgan fingerprint density at radius 3 is 3.00 bits per heavy atom. The molecule has 0 aliphatic carbocycles. The van der Waals surface area contributed by atoms with E-state index in [2.05, 4.69) is 10.3 Å². The summed E-state index contributed by atoms with van der Waals surface area (Å²) in [7, 11) is 0. The lowest BCUT2D eigenvalue weighted by Crippen LogP contribution is -2.43. The molecule has 1 saturated heterocycles. The summed E-state index contributed by atoms with van der Waals surface area (Å²) < 4.78 is 5.00. The quantitative estimate of drug-likeness (QED) is 0.615. The highest BCUT2D eigenvalue weighted by molar-refractivity contribution is 7.15. The highest BCUT2D eigenvalue weighted by Crippen LogP contribution is 2.26. The predicted octanol–water partition coefficient (Wildman–Crippen LogP) is 4.78. The van der Waals surface area contributed by atoms with E-state index in [1.807, 2.05) is 25.1 Å². The molecule has 3 heterocycles. The molecule has 6 nitrogen and oxygen atoms in total. The third kappa shape index (κ3) is 4.74. The Kier molecular flexibility index (Phi) is 6.20. The van der Waals surface area contributed by atoms with E-state index < -0.39 is 0 Å². The maximum Gasteiger partial charge on any atom is 0.257 e. The molecule has 3 aromatic rings. The lowest BCUT2D eigenvalue weighted by molar-refractivity contribution is -0.121. The number of halogens is 1. The number of rotatable bonds is 5. The molecule has 1 aliphatic heterocycles. The fraction of sp³-hybridized carbons (Fsp3) is 0.318. The van der Waals surface area contributed by atoms with Crippen LogP contribution in [0.25, 0.3) is 0 Å². The summed E-state index contributed by atoms with van der Waals surface area (Å²) in [5.74, 6) is -0.452. The molecule has 30 heavy (non-hydrogen) atoms. The number of aromatic nitrogens is 1. The van der Waals surface area contributed by atoms with Gasteiger partial charge >= 0.3 is 0 Å². The van der Waals surface area contributed by atoms with Crippen LogP contribution in [0.4, 0.5) is 5.13 Å². The number of carbonyl (C=O) groups excluding carboxylic acids is 2. The van der Waals surface area contributed by atoms with Crippen molar-refractivity contribution >= 4 is 39.9 Å².